The summed E-state index contributed by atoms with van der Waals surface area (Å²) in [5.74, 6) is -1.83. The zero-order valence-corrected chi connectivity index (χ0v) is 10.8. The summed E-state index contributed by atoms with van der Waals surface area (Å²) in [5, 5.41) is 21.7. The van der Waals surface area contributed by atoms with Crippen molar-refractivity contribution in [2.24, 2.45) is 0 Å². The van der Waals surface area contributed by atoms with Gasteiger partial charge in [0.05, 0.1) is 11.1 Å². The summed E-state index contributed by atoms with van der Waals surface area (Å²) in [6.45, 7) is 4.85. The first-order valence-electron chi connectivity index (χ1n) is 5.64. The summed E-state index contributed by atoms with van der Waals surface area (Å²) >= 11 is 0. The van der Waals surface area contributed by atoms with E-state index in [2.05, 4.69) is 5.32 Å². The van der Waals surface area contributed by atoms with E-state index in [1.54, 1.807) is 13.8 Å². The van der Waals surface area contributed by atoms with Crippen molar-refractivity contribution in [1.29, 1.82) is 0 Å². The van der Waals surface area contributed by atoms with Crippen molar-refractivity contribution in [3.63, 3.8) is 0 Å². The Labute approximate surface area is 109 Å². The SMILES string of the molecule is CC(NC(=O)c1cc([N+](=O)[O-])cn1C(C)C)C(=O)O. The molecule has 8 heteroatoms. The minimum atomic E-state index is -1.18. The molecule has 1 aromatic rings. The number of amides is 1. The van der Waals surface area contributed by atoms with Crippen LogP contribution in [0.5, 0.6) is 0 Å². The van der Waals surface area contributed by atoms with Gasteiger partial charge in [-0.25, -0.2) is 0 Å². The Morgan fingerprint density at radius 3 is 2.42 bits per heavy atom. The molecular formula is C11H15N3O5. The van der Waals surface area contributed by atoms with Crippen LogP contribution >= 0.6 is 0 Å². The monoisotopic (exact) mass is 269 g/mol. The van der Waals surface area contributed by atoms with E-state index in [1.165, 1.54) is 17.7 Å². The fraction of sp³-hybridized carbons (Fsp3) is 0.455. The van der Waals surface area contributed by atoms with Crippen molar-refractivity contribution < 1.29 is 19.6 Å². The van der Waals surface area contributed by atoms with Crippen molar-refractivity contribution >= 4 is 17.6 Å². The lowest BCUT2D eigenvalue weighted by molar-refractivity contribution is -0.384. The largest absolute Gasteiger partial charge is 0.480 e. The first-order chi connectivity index (χ1) is 8.73. The van der Waals surface area contributed by atoms with Crippen LogP contribution in [0.15, 0.2) is 12.3 Å². The molecule has 1 heterocycles. The highest BCUT2D eigenvalue weighted by molar-refractivity contribution is 5.96. The highest BCUT2D eigenvalue weighted by Crippen LogP contribution is 2.20. The van der Waals surface area contributed by atoms with Gasteiger partial charge in [0.1, 0.15) is 11.7 Å². The lowest BCUT2D eigenvalue weighted by Crippen LogP contribution is -2.39. The number of aliphatic carboxylic acids is 1. The summed E-state index contributed by atoms with van der Waals surface area (Å²) in [5.41, 5.74) is -0.142. The third-order valence-corrected chi connectivity index (χ3v) is 2.55. The highest BCUT2D eigenvalue weighted by Gasteiger charge is 2.23. The van der Waals surface area contributed by atoms with Gasteiger partial charge in [-0.05, 0) is 20.8 Å². The van der Waals surface area contributed by atoms with Gasteiger partial charge in [0, 0.05) is 12.1 Å². The molecule has 0 aromatic carbocycles. The molecule has 0 fully saturated rings. The molecule has 0 saturated heterocycles. The molecular weight excluding hydrogens is 254 g/mol. The van der Waals surface area contributed by atoms with Gasteiger partial charge < -0.3 is 15.0 Å². The van der Waals surface area contributed by atoms with E-state index in [-0.39, 0.29) is 17.4 Å². The molecule has 0 spiro atoms. The summed E-state index contributed by atoms with van der Waals surface area (Å²) in [6.07, 6.45) is 1.25. The van der Waals surface area contributed by atoms with Crippen molar-refractivity contribution in [2.75, 3.05) is 0 Å². The molecule has 1 unspecified atom stereocenters. The van der Waals surface area contributed by atoms with E-state index in [1.807, 2.05) is 0 Å². The second-order valence-electron chi connectivity index (χ2n) is 4.38. The maximum atomic E-state index is 11.9. The van der Waals surface area contributed by atoms with Crippen molar-refractivity contribution in [2.45, 2.75) is 32.9 Å². The molecule has 0 radical (unpaired) electrons. The Hall–Kier alpha value is -2.38. The van der Waals surface area contributed by atoms with E-state index in [9.17, 15) is 19.7 Å². The summed E-state index contributed by atoms with van der Waals surface area (Å²) in [6, 6.07) is -0.0964. The van der Waals surface area contributed by atoms with Gasteiger partial charge in [-0.3, -0.25) is 19.7 Å². The first-order valence-corrected chi connectivity index (χ1v) is 5.64. The maximum absolute atomic E-state index is 11.9. The molecule has 0 aliphatic rings. The Morgan fingerprint density at radius 2 is 2.00 bits per heavy atom. The van der Waals surface area contributed by atoms with Gasteiger partial charge in [-0.2, -0.15) is 0 Å². The quantitative estimate of drug-likeness (QED) is 0.615. The van der Waals surface area contributed by atoms with E-state index in [4.69, 9.17) is 5.11 Å². The number of hydrogen-bond acceptors (Lipinski definition) is 4. The second-order valence-corrected chi connectivity index (χ2v) is 4.38. The lowest BCUT2D eigenvalue weighted by atomic mass is 10.3. The van der Waals surface area contributed by atoms with Crippen molar-refractivity contribution in [3.05, 3.63) is 28.1 Å². The van der Waals surface area contributed by atoms with Crippen LogP contribution in [0.25, 0.3) is 0 Å². The first kappa shape index (κ1) is 14.7. The van der Waals surface area contributed by atoms with E-state index >= 15 is 0 Å². The zero-order valence-electron chi connectivity index (χ0n) is 10.8. The predicted octanol–water partition coefficient (Wildman–Crippen LogP) is 1.18. The Bertz CT molecular complexity index is 520. The van der Waals surface area contributed by atoms with E-state index in [0.29, 0.717) is 0 Å². The van der Waals surface area contributed by atoms with Crippen molar-refractivity contribution in [1.82, 2.24) is 9.88 Å². The number of carbonyl (C=O) groups is 2. The van der Waals surface area contributed by atoms with Crippen LogP contribution in [0, 0.1) is 10.1 Å². The number of nitro groups is 1. The molecule has 1 aromatic heterocycles. The van der Waals surface area contributed by atoms with Crippen LogP contribution in [0.2, 0.25) is 0 Å². The number of aromatic nitrogens is 1. The second kappa shape index (κ2) is 5.51. The highest BCUT2D eigenvalue weighted by atomic mass is 16.6. The molecule has 8 nitrogen and oxygen atoms in total. The number of carboxylic acids is 1. The number of nitrogens with zero attached hydrogens (tertiary/aromatic N) is 2. The van der Waals surface area contributed by atoms with Gasteiger partial charge in [0.15, 0.2) is 0 Å². The molecule has 0 aliphatic carbocycles. The Kier molecular flexibility index (Phi) is 4.26. The van der Waals surface area contributed by atoms with Crippen LogP contribution in [-0.4, -0.2) is 32.5 Å². The molecule has 1 atom stereocenters. The fourth-order valence-electron chi connectivity index (χ4n) is 1.51. The molecule has 0 saturated carbocycles. The number of hydrogen-bond donors (Lipinski definition) is 2. The molecule has 19 heavy (non-hydrogen) atoms. The average molecular weight is 269 g/mol. The van der Waals surface area contributed by atoms with Gasteiger partial charge >= 0.3 is 5.97 Å². The summed E-state index contributed by atoms with van der Waals surface area (Å²) < 4.78 is 1.43. The molecule has 2 N–H and O–H groups in total. The fourth-order valence-corrected chi connectivity index (χ4v) is 1.51. The average Bonchev–Trinajstić information content (AvgIpc) is 2.73. The zero-order chi connectivity index (χ0) is 14.7. The Balaban J connectivity index is 3.07. The van der Waals surface area contributed by atoms with Crippen LogP contribution in [0.1, 0.15) is 37.3 Å². The summed E-state index contributed by atoms with van der Waals surface area (Å²) in [7, 11) is 0. The maximum Gasteiger partial charge on any atom is 0.325 e. The van der Waals surface area contributed by atoms with Gasteiger partial charge in [-0.1, -0.05) is 0 Å². The third kappa shape index (κ3) is 3.30. The standard InChI is InChI=1S/C11H15N3O5/c1-6(2)13-5-8(14(18)19)4-9(13)10(15)12-7(3)11(16)17/h4-7H,1-3H3,(H,12,15)(H,16,17). The smallest absolute Gasteiger partial charge is 0.325 e. The lowest BCUT2D eigenvalue weighted by Gasteiger charge is -2.13. The van der Waals surface area contributed by atoms with E-state index in [0.717, 1.165) is 6.07 Å². The van der Waals surface area contributed by atoms with Crippen molar-refractivity contribution in [3.8, 4) is 0 Å². The number of nitrogens with one attached hydrogen (secondary N) is 1. The van der Waals surface area contributed by atoms with Crippen LogP contribution in [0.4, 0.5) is 5.69 Å². The predicted molar refractivity (Wildman–Crippen MR) is 66.0 cm³/mol. The van der Waals surface area contributed by atoms with Gasteiger partial charge in [0.2, 0.25) is 0 Å². The molecule has 1 rings (SSSR count). The Morgan fingerprint density at radius 1 is 1.42 bits per heavy atom. The third-order valence-electron chi connectivity index (χ3n) is 2.55. The molecule has 0 aliphatic heterocycles. The van der Waals surface area contributed by atoms with Crippen LogP contribution in [-0.2, 0) is 4.79 Å². The van der Waals surface area contributed by atoms with Crippen LogP contribution in [0.3, 0.4) is 0 Å². The topological polar surface area (TPSA) is 114 Å². The minimum absolute atomic E-state index is 0.0646. The molecule has 104 valence electrons. The number of carboxylic acid groups (broad SMARTS) is 1. The molecule has 1 amide bonds. The van der Waals surface area contributed by atoms with Gasteiger partial charge in [-0.15, -0.1) is 0 Å². The van der Waals surface area contributed by atoms with E-state index < -0.39 is 22.8 Å². The number of rotatable bonds is 5. The number of carbonyl (C=O) groups excluding carboxylic acids is 1. The summed E-state index contributed by atoms with van der Waals surface area (Å²) in [4.78, 5) is 32.7. The minimum Gasteiger partial charge on any atom is -0.480 e. The molecule has 0 bridgehead atoms. The normalized spacial score (nSPS) is 12.2. The van der Waals surface area contributed by atoms with Gasteiger partial charge in [0.25, 0.3) is 11.6 Å². The van der Waals surface area contributed by atoms with Crippen LogP contribution < -0.4 is 5.32 Å².